The van der Waals surface area contributed by atoms with Crippen molar-refractivity contribution in [2.45, 2.75) is 24.3 Å². The number of benzene rings is 1. The third kappa shape index (κ3) is 3.61. The van der Waals surface area contributed by atoms with Gasteiger partial charge in [-0.25, -0.2) is 8.42 Å². The van der Waals surface area contributed by atoms with Crippen LogP contribution in [-0.2, 0) is 10.0 Å². The quantitative estimate of drug-likeness (QED) is 0.818. The zero-order valence-corrected chi connectivity index (χ0v) is 15.1. The molecule has 25 heavy (non-hydrogen) atoms. The summed E-state index contributed by atoms with van der Waals surface area (Å²) in [6, 6.07) is 9.68. The van der Waals surface area contributed by atoms with Gasteiger partial charge in [0.25, 0.3) is 0 Å². The summed E-state index contributed by atoms with van der Waals surface area (Å²) >= 11 is 5.85. The lowest BCUT2D eigenvalue weighted by molar-refractivity contribution is 0.213. The summed E-state index contributed by atoms with van der Waals surface area (Å²) < 4.78 is 32.9. The first-order valence-corrected chi connectivity index (χ1v) is 9.51. The molecule has 2 heterocycles. The summed E-state index contributed by atoms with van der Waals surface area (Å²) in [6.07, 6.45) is 2.00. The number of hydrogen-bond donors (Lipinski definition) is 0. The van der Waals surface area contributed by atoms with E-state index < -0.39 is 10.0 Å². The van der Waals surface area contributed by atoms with Crippen molar-refractivity contribution in [2.24, 2.45) is 0 Å². The third-order valence-corrected chi connectivity index (χ3v) is 6.20. The van der Waals surface area contributed by atoms with Gasteiger partial charge in [0.1, 0.15) is 22.8 Å². The van der Waals surface area contributed by atoms with Gasteiger partial charge in [-0.2, -0.15) is 9.57 Å². The number of nitriles is 1. The minimum Gasteiger partial charge on any atom is -0.487 e. The fourth-order valence-corrected chi connectivity index (χ4v) is 4.52. The summed E-state index contributed by atoms with van der Waals surface area (Å²) in [4.78, 5) is 4.13. The molecule has 1 aliphatic heterocycles. The molecule has 0 bridgehead atoms. The van der Waals surface area contributed by atoms with Gasteiger partial charge >= 0.3 is 0 Å². The number of ether oxygens (including phenoxy) is 1. The van der Waals surface area contributed by atoms with Crippen LogP contribution in [0.25, 0.3) is 0 Å². The molecule has 130 valence electrons. The molecule has 0 aliphatic carbocycles. The Morgan fingerprint density at radius 2 is 2.20 bits per heavy atom. The minimum absolute atomic E-state index is 0.0300. The van der Waals surface area contributed by atoms with Crippen molar-refractivity contribution in [3.63, 3.8) is 0 Å². The first-order valence-electron chi connectivity index (χ1n) is 7.70. The topological polar surface area (TPSA) is 83.3 Å². The largest absolute Gasteiger partial charge is 0.487 e. The second kappa shape index (κ2) is 7.00. The number of pyridine rings is 1. The van der Waals surface area contributed by atoms with Crippen LogP contribution in [0.2, 0.25) is 5.02 Å². The Kier molecular flexibility index (Phi) is 4.95. The fraction of sp³-hybridized carbons (Fsp3) is 0.294. The average Bonchev–Trinajstić information content (AvgIpc) is 3.06. The van der Waals surface area contributed by atoms with Crippen LogP contribution in [0, 0.1) is 18.3 Å². The standard InChI is InChI=1S/C17H16ClN3O3S/c1-12-16(3-2-7-20-12)24-15-6-8-21(11-15)25(22,23)17-5-4-14(18)9-13(17)10-19/h2-5,7,9,15H,6,8,11H2,1H3/t15-/m1/s1. The maximum atomic E-state index is 12.9. The number of nitrogens with zero attached hydrogens (tertiary/aromatic N) is 3. The third-order valence-electron chi connectivity index (χ3n) is 4.04. The number of rotatable bonds is 4. The highest BCUT2D eigenvalue weighted by atomic mass is 35.5. The van der Waals surface area contributed by atoms with Crippen LogP contribution < -0.4 is 4.74 Å². The van der Waals surface area contributed by atoms with Crippen molar-refractivity contribution < 1.29 is 13.2 Å². The predicted molar refractivity (Wildman–Crippen MR) is 92.9 cm³/mol. The van der Waals surface area contributed by atoms with E-state index in [9.17, 15) is 13.7 Å². The Hall–Kier alpha value is -2.14. The lowest BCUT2D eigenvalue weighted by Crippen LogP contribution is -2.31. The summed E-state index contributed by atoms with van der Waals surface area (Å²) in [6.45, 7) is 2.40. The van der Waals surface area contributed by atoms with Crippen LogP contribution in [0.15, 0.2) is 41.4 Å². The van der Waals surface area contributed by atoms with E-state index in [-0.39, 0.29) is 23.1 Å². The van der Waals surface area contributed by atoms with Crippen molar-refractivity contribution in [2.75, 3.05) is 13.1 Å². The van der Waals surface area contributed by atoms with E-state index in [0.29, 0.717) is 23.7 Å². The molecule has 0 spiro atoms. The molecule has 0 N–H and O–H groups in total. The van der Waals surface area contributed by atoms with Crippen molar-refractivity contribution in [1.82, 2.24) is 9.29 Å². The number of sulfonamides is 1. The van der Waals surface area contributed by atoms with Crippen molar-refractivity contribution >= 4 is 21.6 Å². The lowest BCUT2D eigenvalue weighted by atomic mass is 10.2. The van der Waals surface area contributed by atoms with E-state index in [1.165, 1.54) is 22.5 Å². The normalized spacial score (nSPS) is 18.0. The predicted octanol–water partition coefficient (Wildman–Crippen LogP) is 2.76. The Bertz CT molecular complexity index is 940. The highest BCUT2D eigenvalue weighted by molar-refractivity contribution is 7.89. The molecule has 1 aliphatic rings. The molecule has 1 fully saturated rings. The highest BCUT2D eigenvalue weighted by Crippen LogP contribution is 2.28. The van der Waals surface area contributed by atoms with E-state index in [1.54, 1.807) is 12.3 Å². The molecule has 1 saturated heterocycles. The summed E-state index contributed by atoms with van der Waals surface area (Å²) in [5, 5.41) is 9.53. The molecule has 1 aromatic heterocycles. The van der Waals surface area contributed by atoms with E-state index in [2.05, 4.69) is 4.98 Å². The molecule has 3 rings (SSSR count). The first kappa shape index (κ1) is 17.7. The molecule has 1 aromatic carbocycles. The molecule has 0 saturated carbocycles. The SMILES string of the molecule is Cc1ncccc1O[C@@H]1CCN(S(=O)(=O)c2ccc(Cl)cc2C#N)C1. The van der Waals surface area contributed by atoms with Gasteiger partial charge in [-0.3, -0.25) is 4.98 Å². The van der Waals surface area contributed by atoms with Crippen molar-refractivity contribution in [3.05, 3.63) is 52.8 Å². The molecular formula is C17H16ClN3O3S. The van der Waals surface area contributed by atoms with Crippen LogP contribution in [0.4, 0.5) is 0 Å². The molecule has 1 atom stereocenters. The van der Waals surface area contributed by atoms with Gasteiger partial charge in [0.05, 0.1) is 17.8 Å². The second-order valence-electron chi connectivity index (χ2n) is 5.73. The molecule has 0 radical (unpaired) electrons. The van der Waals surface area contributed by atoms with Gasteiger partial charge in [0.15, 0.2) is 0 Å². The first-order chi connectivity index (χ1) is 11.9. The number of aromatic nitrogens is 1. The van der Waals surface area contributed by atoms with E-state index in [1.807, 2.05) is 19.1 Å². The van der Waals surface area contributed by atoms with Crippen LogP contribution in [0.5, 0.6) is 5.75 Å². The Balaban J connectivity index is 1.80. The zero-order valence-electron chi connectivity index (χ0n) is 13.5. The van der Waals surface area contributed by atoms with Gasteiger partial charge in [0.2, 0.25) is 10.0 Å². The van der Waals surface area contributed by atoms with Crippen molar-refractivity contribution in [3.8, 4) is 11.8 Å². The Morgan fingerprint density at radius 3 is 2.92 bits per heavy atom. The van der Waals surface area contributed by atoms with Gasteiger partial charge in [-0.1, -0.05) is 11.6 Å². The van der Waals surface area contributed by atoms with Gasteiger partial charge in [0, 0.05) is 17.8 Å². The number of halogens is 1. The fourth-order valence-electron chi connectivity index (χ4n) is 2.74. The van der Waals surface area contributed by atoms with E-state index >= 15 is 0 Å². The lowest BCUT2D eigenvalue weighted by Gasteiger charge is -2.18. The monoisotopic (exact) mass is 377 g/mol. The summed E-state index contributed by atoms with van der Waals surface area (Å²) in [7, 11) is -3.78. The molecule has 0 amide bonds. The van der Waals surface area contributed by atoms with Crippen LogP contribution >= 0.6 is 11.6 Å². The maximum absolute atomic E-state index is 12.9. The summed E-state index contributed by atoms with van der Waals surface area (Å²) in [5.41, 5.74) is 0.799. The zero-order chi connectivity index (χ0) is 18.0. The average molecular weight is 378 g/mol. The number of aryl methyl sites for hydroxylation is 1. The molecule has 0 unspecified atom stereocenters. The number of hydrogen-bond acceptors (Lipinski definition) is 5. The van der Waals surface area contributed by atoms with Gasteiger partial charge in [-0.15, -0.1) is 0 Å². The Morgan fingerprint density at radius 1 is 1.40 bits per heavy atom. The van der Waals surface area contributed by atoms with Gasteiger partial charge < -0.3 is 4.74 Å². The highest BCUT2D eigenvalue weighted by Gasteiger charge is 2.35. The second-order valence-corrected chi connectivity index (χ2v) is 8.07. The Labute approximate surface area is 151 Å². The molecule has 2 aromatic rings. The van der Waals surface area contributed by atoms with Crippen molar-refractivity contribution in [1.29, 1.82) is 5.26 Å². The van der Waals surface area contributed by atoms with E-state index in [0.717, 1.165) is 5.69 Å². The molecule has 6 nitrogen and oxygen atoms in total. The van der Waals surface area contributed by atoms with Crippen LogP contribution in [-0.4, -0.2) is 36.9 Å². The molecule has 8 heteroatoms. The molecular weight excluding hydrogens is 362 g/mol. The minimum atomic E-state index is -3.78. The van der Waals surface area contributed by atoms with E-state index in [4.69, 9.17) is 16.3 Å². The van der Waals surface area contributed by atoms with Gasteiger partial charge in [-0.05, 0) is 43.7 Å². The van der Waals surface area contributed by atoms with Crippen LogP contribution in [0.1, 0.15) is 17.7 Å². The maximum Gasteiger partial charge on any atom is 0.244 e. The smallest absolute Gasteiger partial charge is 0.244 e. The van der Waals surface area contributed by atoms with Crippen LogP contribution in [0.3, 0.4) is 0 Å². The summed E-state index contributed by atoms with van der Waals surface area (Å²) in [5.74, 6) is 0.649.